The molecule has 150 valence electrons. The van der Waals surface area contributed by atoms with Crippen LogP contribution >= 0.6 is 34.8 Å². The van der Waals surface area contributed by atoms with Gasteiger partial charge in [0, 0.05) is 23.1 Å². The van der Waals surface area contributed by atoms with Crippen molar-refractivity contribution in [3.8, 4) is 5.75 Å². The molecule has 0 aliphatic heterocycles. The Hall–Kier alpha value is -2.27. The molecule has 0 unspecified atom stereocenters. The number of nitrogens with zero attached hydrogens (tertiary/aromatic N) is 1. The molecule has 0 saturated heterocycles. The van der Waals surface area contributed by atoms with Crippen molar-refractivity contribution >= 4 is 46.4 Å². The fourth-order valence-corrected chi connectivity index (χ4v) is 3.64. The lowest BCUT2D eigenvalue weighted by Crippen LogP contribution is -2.20. The Bertz CT molecular complexity index is 993. The van der Waals surface area contributed by atoms with E-state index in [0.717, 1.165) is 12.0 Å². The molecule has 1 amide bonds. The molecule has 1 N–H and O–H groups in total. The fourth-order valence-electron chi connectivity index (χ4n) is 2.81. The molecule has 3 aromatic rings. The van der Waals surface area contributed by atoms with Gasteiger partial charge in [-0.05, 0) is 66.8 Å². The molecule has 0 saturated carbocycles. The minimum Gasteiger partial charge on any atom is -0.481 e. The van der Waals surface area contributed by atoms with Crippen LogP contribution in [0.15, 0.2) is 48.8 Å². The van der Waals surface area contributed by atoms with Gasteiger partial charge in [0.05, 0.1) is 10.0 Å². The molecular weight excluding hydrogens is 431 g/mol. The molecule has 0 aliphatic carbocycles. The summed E-state index contributed by atoms with van der Waals surface area (Å²) in [5.74, 6) is -0.0557. The highest BCUT2D eigenvalue weighted by atomic mass is 35.5. The van der Waals surface area contributed by atoms with Crippen molar-refractivity contribution in [2.45, 2.75) is 20.3 Å². The smallest absolute Gasteiger partial charge is 0.262 e. The average Bonchev–Trinajstić information content (AvgIpc) is 2.73. The lowest BCUT2D eigenvalue weighted by atomic mass is 10.1. The SMILES string of the molecule is Cc1c(Cl)c(C)c(Cl)c(OCC(=O)Nc2ccc(Cc3ccncc3)cc2)c1Cl. The number of anilines is 1. The van der Waals surface area contributed by atoms with Crippen LogP contribution in [0.1, 0.15) is 22.3 Å². The summed E-state index contributed by atoms with van der Waals surface area (Å²) in [7, 11) is 0. The molecule has 1 aromatic heterocycles. The normalized spacial score (nSPS) is 10.7. The summed E-state index contributed by atoms with van der Waals surface area (Å²) in [4.78, 5) is 16.3. The third kappa shape index (κ3) is 5.21. The minimum atomic E-state index is -0.315. The van der Waals surface area contributed by atoms with Gasteiger partial charge in [-0.3, -0.25) is 9.78 Å². The molecule has 0 fully saturated rings. The maximum atomic E-state index is 12.3. The summed E-state index contributed by atoms with van der Waals surface area (Å²) in [6.45, 7) is 3.32. The van der Waals surface area contributed by atoms with Crippen molar-refractivity contribution in [1.29, 1.82) is 0 Å². The predicted octanol–water partition coefficient (Wildman–Crippen LogP) is 6.27. The number of halogens is 3. The Balaban J connectivity index is 1.60. The number of carbonyl (C=O) groups excluding carboxylic acids is 1. The van der Waals surface area contributed by atoms with Crippen LogP contribution in [0.5, 0.6) is 5.75 Å². The summed E-state index contributed by atoms with van der Waals surface area (Å²) in [5.41, 5.74) is 4.31. The van der Waals surface area contributed by atoms with E-state index in [1.165, 1.54) is 5.56 Å². The highest BCUT2D eigenvalue weighted by Crippen LogP contribution is 2.42. The van der Waals surface area contributed by atoms with Gasteiger partial charge in [0.2, 0.25) is 0 Å². The minimum absolute atomic E-state index is 0.223. The molecule has 3 rings (SSSR count). The second kappa shape index (κ2) is 9.49. The summed E-state index contributed by atoms with van der Waals surface area (Å²) in [5, 5.41) is 3.90. The van der Waals surface area contributed by atoms with Crippen LogP contribution in [0.25, 0.3) is 0 Å². The zero-order chi connectivity index (χ0) is 21.0. The molecule has 1 heterocycles. The number of hydrogen-bond donors (Lipinski definition) is 1. The van der Waals surface area contributed by atoms with Crippen LogP contribution in [-0.2, 0) is 11.2 Å². The zero-order valence-electron chi connectivity index (χ0n) is 15.9. The van der Waals surface area contributed by atoms with Crippen molar-refractivity contribution in [2.75, 3.05) is 11.9 Å². The van der Waals surface area contributed by atoms with Gasteiger partial charge in [0.1, 0.15) is 0 Å². The number of rotatable bonds is 6. The maximum Gasteiger partial charge on any atom is 0.262 e. The topological polar surface area (TPSA) is 51.2 Å². The maximum absolute atomic E-state index is 12.3. The number of amides is 1. The Labute approximate surface area is 184 Å². The van der Waals surface area contributed by atoms with E-state index in [0.29, 0.717) is 31.9 Å². The number of aromatic nitrogens is 1. The first kappa shape index (κ1) is 21.4. The number of nitrogens with one attached hydrogen (secondary N) is 1. The van der Waals surface area contributed by atoms with E-state index in [9.17, 15) is 4.79 Å². The summed E-state index contributed by atoms with van der Waals surface area (Å²) < 4.78 is 5.58. The first-order valence-electron chi connectivity index (χ1n) is 8.91. The van der Waals surface area contributed by atoms with E-state index in [-0.39, 0.29) is 18.3 Å². The van der Waals surface area contributed by atoms with Gasteiger partial charge in [0.25, 0.3) is 5.91 Å². The van der Waals surface area contributed by atoms with Crippen LogP contribution < -0.4 is 10.1 Å². The number of carbonyl (C=O) groups is 1. The first-order valence-corrected chi connectivity index (χ1v) is 10.0. The van der Waals surface area contributed by atoms with E-state index < -0.39 is 0 Å². The van der Waals surface area contributed by atoms with Crippen LogP contribution in [0, 0.1) is 13.8 Å². The third-order valence-corrected chi connectivity index (χ3v) is 5.94. The number of ether oxygens (including phenoxy) is 1. The van der Waals surface area contributed by atoms with Crippen molar-refractivity contribution in [3.63, 3.8) is 0 Å². The molecule has 0 aliphatic rings. The molecule has 0 atom stereocenters. The van der Waals surface area contributed by atoms with E-state index in [1.54, 1.807) is 26.2 Å². The first-order chi connectivity index (χ1) is 13.9. The molecule has 0 bridgehead atoms. The van der Waals surface area contributed by atoms with Gasteiger partial charge in [0.15, 0.2) is 12.4 Å². The second-order valence-corrected chi connectivity index (χ2v) is 7.72. The quantitative estimate of drug-likeness (QED) is 0.483. The van der Waals surface area contributed by atoms with Crippen molar-refractivity contribution in [1.82, 2.24) is 4.98 Å². The Morgan fingerprint density at radius 2 is 1.45 bits per heavy atom. The highest BCUT2D eigenvalue weighted by Gasteiger charge is 2.18. The standard InChI is InChI=1S/C22H19Cl3N2O2/c1-13-19(23)14(2)21(25)22(20(13)24)29-12-18(28)27-17-5-3-15(4-6-17)11-16-7-9-26-10-8-16/h3-10H,11-12H2,1-2H3,(H,27,28). The lowest BCUT2D eigenvalue weighted by molar-refractivity contribution is -0.118. The van der Waals surface area contributed by atoms with Gasteiger partial charge >= 0.3 is 0 Å². The second-order valence-electron chi connectivity index (χ2n) is 6.59. The largest absolute Gasteiger partial charge is 0.481 e. The van der Waals surface area contributed by atoms with Crippen LogP contribution in [0.2, 0.25) is 15.1 Å². The van der Waals surface area contributed by atoms with E-state index in [4.69, 9.17) is 39.5 Å². The summed E-state index contributed by atoms with van der Waals surface area (Å²) in [6, 6.07) is 11.6. The molecule has 2 aromatic carbocycles. The van der Waals surface area contributed by atoms with Gasteiger partial charge in [-0.2, -0.15) is 0 Å². The van der Waals surface area contributed by atoms with Gasteiger partial charge in [-0.15, -0.1) is 0 Å². The van der Waals surface area contributed by atoms with Crippen LogP contribution in [0.4, 0.5) is 5.69 Å². The molecule has 0 radical (unpaired) electrons. The number of pyridine rings is 1. The average molecular weight is 450 g/mol. The zero-order valence-corrected chi connectivity index (χ0v) is 18.2. The van der Waals surface area contributed by atoms with Crippen molar-refractivity contribution in [2.24, 2.45) is 0 Å². The Morgan fingerprint density at radius 3 is 2.03 bits per heavy atom. The number of benzene rings is 2. The van der Waals surface area contributed by atoms with E-state index in [2.05, 4.69) is 10.3 Å². The highest BCUT2D eigenvalue weighted by molar-refractivity contribution is 6.42. The van der Waals surface area contributed by atoms with Gasteiger partial charge in [-0.25, -0.2) is 0 Å². The molecule has 0 spiro atoms. The Morgan fingerprint density at radius 1 is 0.897 bits per heavy atom. The van der Waals surface area contributed by atoms with Gasteiger partial charge in [-0.1, -0.05) is 46.9 Å². The fraction of sp³-hybridized carbons (Fsp3) is 0.182. The lowest BCUT2D eigenvalue weighted by Gasteiger charge is -2.15. The van der Waals surface area contributed by atoms with Crippen molar-refractivity contribution < 1.29 is 9.53 Å². The molecule has 29 heavy (non-hydrogen) atoms. The van der Waals surface area contributed by atoms with E-state index in [1.807, 2.05) is 36.4 Å². The predicted molar refractivity (Wildman–Crippen MR) is 119 cm³/mol. The summed E-state index contributed by atoms with van der Waals surface area (Å²) in [6.07, 6.45) is 4.34. The number of hydrogen-bond acceptors (Lipinski definition) is 3. The van der Waals surface area contributed by atoms with Gasteiger partial charge < -0.3 is 10.1 Å². The van der Waals surface area contributed by atoms with Crippen molar-refractivity contribution in [3.05, 3.63) is 86.1 Å². The van der Waals surface area contributed by atoms with Crippen LogP contribution in [0.3, 0.4) is 0 Å². The third-order valence-electron chi connectivity index (χ3n) is 4.46. The van der Waals surface area contributed by atoms with Crippen LogP contribution in [-0.4, -0.2) is 17.5 Å². The van der Waals surface area contributed by atoms with E-state index >= 15 is 0 Å². The summed E-state index contributed by atoms with van der Waals surface area (Å²) >= 11 is 18.7. The Kier molecular flexibility index (Phi) is 7.01. The molecular formula is C22H19Cl3N2O2. The molecule has 7 heteroatoms. The monoisotopic (exact) mass is 448 g/mol. The molecule has 4 nitrogen and oxygen atoms in total.